The van der Waals surface area contributed by atoms with Crippen LogP contribution in [-0.4, -0.2) is 45.3 Å². The van der Waals surface area contributed by atoms with Crippen LogP contribution in [0.4, 0.5) is 0 Å². The van der Waals surface area contributed by atoms with Crippen molar-refractivity contribution in [3.05, 3.63) is 42.2 Å². The van der Waals surface area contributed by atoms with Gasteiger partial charge in [0.15, 0.2) is 18.3 Å². The SMILES string of the molecule is CC(=O)O[C@H]1[C@H](OC(C)=O)C=CO[C@@H]1COS(=O)(=O)c1ccc(C)cc1. The highest BCUT2D eigenvalue weighted by molar-refractivity contribution is 7.86. The van der Waals surface area contributed by atoms with Gasteiger partial charge in [-0.15, -0.1) is 0 Å². The third-order valence-electron chi connectivity index (χ3n) is 3.51. The van der Waals surface area contributed by atoms with Gasteiger partial charge in [-0.05, 0) is 25.1 Å². The lowest BCUT2D eigenvalue weighted by molar-refractivity contribution is -0.175. The van der Waals surface area contributed by atoms with Gasteiger partial charge in [0.2, 0.25) is 0 Å². The van der Waals surface area contributed by atoms with Crippen LogP contribution in [0.25, 0.3) is 0 Å². The topological polar surface area (TPSA) is 105 Å². The molecule has 0 radical (unpaired) electrons. The lowest BCUT2D eigenvalue weighted by Gasteiger charge is -2.33. The molecule has 1 aliphatic rings. The molecule has 26 heavy (non-hydrogen) atoms. The Hall–Kier alpha value is -2.39. The first kappa shape index (κ1) is 19.9. The number of carbonyl (C=O) groups excluding carboxylic acids is 2. The van der Waals surface area contributed by atoms with Crippen molar-refractivity contribution in [3.8, 4) is 0 Å². The van der Waals surface area contributed by atoms with Crippen LogP contribution in [0.15, 0.2) is 41.5 Å². The maximum absolute atomic E-state index is 12.3. The summed E-state index contributed by atoms with van der Waals surface area (Å²) in [5.41, 5.74) is 0.906. The molecule has 0 unspecified atom stereocenters. The van der Waals surface area contributed by atoms with Gasteiger partial charge in [0, 0.05) is 13.8 Å². The van der Waals surface area contributed by atoms with E-state index in [1.54, 1.807) is 12.1 Å². The van der Waals surface area contributed by atoms with Crippen molar-refractivity contribution in [2.24, 2.45) is 0 Å². The summed E-state index contributed by atoms with van der Waals surface area (Å²) in [7, 11) is -4.02. The number of ether oxygens (including phenoxy) is 3. The zero-order valence-electron chi connectivity index (χ0n) is 14.6. The van der Waals surface area contributed by atoms with Gasteiger partial charge in [-0.2, -0.15) is 8.42 Å². The van der Waals surface area contributed by atoms with Crippen LogP contribution in [0.5, 0.6) is 0 Å². The Balaban J connectivity index is 2.12. The largest absolute Gasteiger partial charge is 0.492 e. The molecular weight excluding hydrogens is 364 g/mol. The molecule has 3 atom stereocenters. The molecule has 142 valence electrons. The van der Waals surface area contributed by atoms with Crippen LogP contribution in [0.2, 0.25) is 0 Å². The van der Waals surface area contributed by atoms with Crippen LogP contribution >= 0.6 is 0 Å². The van der Waals surface area contributed by atoms with Crippen LogP contribution in [-0.2, 0) is 38.1 Å². The molecular formula is C17H20O8S. The molecule has 0 aromatic heterocycles. The van der Waals surface area contributed by atoms with Crippen molar-refractivity contribution in [2.75, 3.05) is 6.61 Å². The van der Waals surface area contributed by atoms with Gasteiger partial charge in [0.1, 0.15) is 6.61 Å². The predicted octanol–water partition coefficient (Wildman–Crippen LogP) is 1.48. The summed E-state index contributed by atoms with van der Waals surface area (Å²) in [5.74, 6) is -1.21. The monoisotopic (exact) mass is 384 g/mol. The molecule has 1 heterocycles. The molecule has 0 N–H and O–H groups in total. The number of carbonyl (C=O) groups is 2. The first-order valence-corrected chi connectivity index (χ1v) is 9.22. The van der Waals surface area contributed by atoms with E-state index in [4.69, 9.17) is 18.4 Å². The first-order valence-electron chi connectivity index (χ1n) is 7.82. The zero-order chi connectivity index (χ0) is 19.3. The average molecular weight is 384 g/mol. The van der Waals surface area contributed by atoms with Gasteiger partial charge >= 0.3 is 11.9 Å². The third kappa shape index (κ3) is 5.30. The minimum atomic E-state index is -4.02. The van der Waals surface area contributed by atoms with Gasteiger partial charge in [-0.3, -0.25) is 13.8 Å². The van der Waals surface area contributed by atoms with E-state index in [2.05, 4.69) is 0 Å². The fraction of sp³-hybridized carbons (Fsp3) is 0.412. The molecule has 1 aromatic rings. The summed E-state index contributed by atoms with van der Waals surface area (Å²) in [4.78, 5) is 22.6. The van der Waals surface area contributed by atoms with Gasteiger partial charge < -0.3 is 14.2 Å². The minimum Gasteiger partial charge on any atom is -0.492 e. The van der Waals surface area contributed by atoms with Crippen molar-refractivity contribution >= 4 is 22.1 Å². The van der Waals surface area contributed by atoms with Gasteiger partial charge in [-0.1, -0.05) is 17.7 Å². The number of benzene rings is 1. The standard InChI is InChI=1S/C17H20O8S/c1-11-4-6-14(7-5-11)26(20,21)23-10-16-17(25-13(3)19)15(8-9-22-16)24-12(2)18/h4-9,15-17H,10H2,1-3H3/t15-,16-,17+/m1/s1. The summed E-state index contributed by atoms with van der Waals surface area (Å²) in [6.07, 6.45) is -0.246. The summed E-state index contributed by atoms with van der Waals surface area (Å²) in [5, 5.41) is 0. The second-order valence-corrected chi connectivity index (χ2v) is 7.32. The quantitative estimate of drug-likeness (QED) is 0.536. The first-order chi connectivity index (χ1) is 12.2. The van der Waals surface area contributed by atoms with Gasteiger partial charge in [0.05, 0.1) is 11.2 Å². The predicted molar refractivity (Wildman–Crippen MR) is 89.4 cm³/mol. The summed E-state index contributed by atoms with van der Waals surface area (Å²) in [6, 6.07) is 6.15. The molecule has 1 aliphatic heterocycles. The molecule has 0 saturated heterocycles. The fourth-order valence-corrected chi connectivity index (χ4v) is 3.24. The summed E-state index contributed by atoms with van der Waals surface area (Å²) < 4.78 is 45.1. The second kappa shape index (κ2) is 8.33. The molecule has 9 heteroatoms. The molecule has 2 rings (SSSR count). The molecule has 0 amide bonds. The minimum absolute atomic E-state index is 0.00461. The Bertz CT molecular complexity index is 781. The Labute approximate surface area is 151 Å². The Kier molecular flexibility index (Phi) is 6.38. The Morgan fingerprint density at radius 1 is 1.08 bits per heavy atom. The Morgan fingerprint density at radius 2 is 1.69 bits per heavy atom. The molecule has 8 nitrogen and oxygen atoms in total. The van der Waals surface area contributed by atoms with E-state index in [1.165, 1.54) is 38.3 Å². The average Bonchev–Trinajstić information content (AvgIpc) is 2.55. The lowest BCUT2D eigenvalue weighted by atomic mass is 10.1. The molecule has 0 bridgehead atoms. The number of esters is 2. The lowest BCUT2D eigenvalue weighted by Crippen LogP contribution is -2.47. The second-order valence-electron chi connectivity index (χ2n) is 5.70. The highest BCUT2D eigenvalue weighted by Crippen LogP contribution is 2.22. The number of hydrogen-bond acceptors (Lipinski definition) is 8. The highest BCUT2D eigenvalue weighted by Gasteiger charge is 2.38. The van der Waals surface area contributed by atoms with E-state index >= 15 is 0 Å². The van der Waals surface area contributed by atoms with Crippen molar-refractivity contribution in [2.45, 2.75) is 44.0 Å². The molecule has 0 saturated carbocycles. The fourth-order valence-electron chi connectivity index (χ4n) is 2.32. The number of rotatable bonds is 6. The van der Waals surface area contributed by atoms with E-state index in [-0.39, 0.29) is 4.90 Å². The number of aryl methyl sites for hydroxylation is 1. The maximum atomic E-state index is 12.3. The summed E-state index contributed by atoms with van der Waals surface area (Å²) in [6.45, 7) is 3.81. The van der Waals surface area contributed by atoms with Crippen molar-refractivity contribution in [3.63, 3.8) is 0 Å². The van der Waals surface area contributed by atoms with Crippen molar-refractivity contribution in [1.82, 2.24) is 0 Å². The van der Waals surface area contributed by atoms with Gasteiger partial charge in [0.25, 0.3) is 10.1 Å². The van der Waals surface area contributed by atoms with E-state index < -0.39 is 47.0 Å². The zero-order valence-corrected chi connectivity index (χ0v) is 15.4. The van der Waals surface area contributed by atoms with Crippen LogP contribution in [0, 0.1) is 6.92 Å². The maximum Gasteiger partial charge on any atom is 0.303 e. The van der Waals surface area contributed by atoms with Crippen molar-refractivity contribution < 1.29 is 36.4 Å². The van der Waals surface area contributed by atoms with E-state index in [0.29, 0.717) is 0 Å². The van der Waals surface area contributed by atoms with Crippen LogP contribution in [0.3, 0.4) is 0 Å². The smallest absolute Gasteiger partial charge is 0.303 e. The van der Waals surface area contributed by atoms with Crippen molar-refractivity contribution in [1.29, 1.82) is 0 Å². The normalized spacial score (nSPS) is 22.3. The molecule has 0 aliphatic carbocycles. The third-order valence-corrected chi connectivity index (χ3v) is 4.81. The Morgan fingerprint density at radius 3 is 2.27 bits per heavy atom. The van der Waals surface area contributed by atoms with Crippen LogP contribution in [0.1, 0.15) is 19.4 Å². The van der Waals surface area contributed by atoms with Gasteiger partial charge in [-0.25, -0.2) is 0 Å². The number of hydrogen-bond donors (Lipinski definition) is 0. The molecule has 0 spiro atoms. The highest BCUT2D eigenvalue weighted by atomic mass is 32.2. The molecule has 0 fully saturated rings. The molecule has 1 aromatic carbocycles. The summed E-state index contributed by atoms with van der Waals surface area (Å²) >= 11 is 0. The van der Waals surface area contributed by atoms with E-state index in [0.717, 1.165) is 5.56 Å². The van der Waals surface area contributed by atoms with E-state index in [1.807, 2.05) is 6.92 Å². The van der Waals surface area contributed by atoms with E-state index in [9.17, 15) is 18.0 Å². The van der Waals surface area contributed by atoms with Crippen LogP contribution < -0.4 is 0 Å².